The first-order chi connectivity index (χ1) is 27.3. The molecule has 6 unspecified atom stereocenters. The quantitative estimate of drug-likeness (QED) is 0.0398. The molecule has 58 heavy (non-hydrogen) atoms. The summed E-state index contributed by atoms with van der Waals surface area (Å²) in [6, 6.07) is -1.56. The van der Waals surface area contributed by atoms with Crippen LogP contribution in [0.15, 0.2) is 86.5 Å². The van der Waals surface area contributed by atoms with Crippen LogP contribution in [0.2, 0.25) is 0 Å². The number of hydrogen-bond acceptors (Lipinski definition) is 6. The minimum Gasteiger partial charge on any atom is -0.478 e. The maximum atomic E-state index is 14.4. The van der Waals surface area contributed by atoms with Gasteiger partial charge in [0.05, 0.1) is 18.1 Å². The molecule has 0 aromatic carbocycles. The maximum Gasteiger partial charge on any atom is 0.315 e. The van der Waals surface area contributed by atoms with Gasteiger partial charge in [-0.05, 0) is 86.2 Å². The summed E-state index contributed by atoms with van der Waals surface area (Å²) >= 11 is 0. The number of rotatable bonds is 23. The molecule has 2 aliphatic rings. The van der Waals surface area contributed by atoms with E-state index in [0.29, 0.717) is 18.3 Å². The van der Waals surface area contributed by atoms with E-state index in [4.69, 9.17) is 10.5 Å². The van der Waals surface area contributed by atoms with E-state index in [-0.39, 0.29) is 59.2 Å². The predicted molar refractivity (Wildman–Crippen MR) is 252 cm³/mol. The highest BCUT2D eigenvalue weighted by atomic mass is 16.5. The van der Waals surface area contributed by atoms with Gasteiger partial charge in [-0.2, -0.15) is 0 Å². The van der Waals surface area contributed by atoms with Crippen LogP contribution in [0.1, 0.15) is 129 Å². The van der Waals surface area contributed by atoms with Gasteiger partial charge in [-0.3, -0.25) is 4.79 Å². The lowest BCUT2D eigenvalue weighted by Gasteiger charge is -2.40. The number of hydrogen-bond donors (Lipinski definition) is 5. The zero-order chi connectivity index (χ0) is 45.4. The van der Waals surface area contributed by atoms with Crippen molar-refractivity contribution in [2.75, 3.05) is 26.7 Å². The summed E-state index contributed by atoms with van der Waals surface area (Å²) < 4.78 is 5.81. The number of piperidine rings is 1. The second-order valence-electron chi connectivity index (χ2n) is 16.9. The number of nitrogens with two attached hydrogens (primary N) is 1. The molecule has 0 aromatic heterocycles. The molecule has 0 aromatic rings. The lowest BCUT2D eigenvalue weighted by atomic mass is 9.83. The molecule has 334 valence electrons. The first kappa shape index (κ1) is 56.4. The van der Waals surface area contributed by atoms with Gasteiger partial charge in [0, 0.05) is 25.8 Å². The Morgan fingerprint density at radius 2 is 1.60 bits per heavy atom. The molecule has 2 fully saturated rings. The first-order valence-electron chi connectivity index (χ1n) is 22.0. The van der Waals surface area contributed by atoms with Gasteiger partial charge in [-0.25, -0.2) is 4.79 Å². The SMILES string of the molecule is C=CC(C)CC(CC/C=C\C)C(NC(=O)NC(COC(=C)NC)C(C)(C)C)C(=C)N1C[C@H]2[C@@H](C1C(=O)NC(CCCC)C(=C)C(=C)C)C2(C)C.C=CCN.CC.CC. The number of unbranched alkanes of at least 4 members (excludes halogenated alkanes) is 1. The zero-order valence-corrected chi connectivity index (χ0v) is 39.8. The van der Waals surface area contributed by atoms with Crippen molar-refractivity contribution < 1.29 is 14.3 Å². The number of allylic oxidation sites excluding steroid dienone is 3. The van der Waals surface area contributed by atoms with Crippen molar-refractivity contribution in [2.24, 2.45) is 40.2 Å². The van der Waals surface area contributed by atoms with Crippen molar-refractivity contribution in [2.45, 2.75) is 153 Å². The van der Waals surface area contributed by atoms with Gasteiger partial charge in [-0.1, -0.05) is 139 Å². The average molecular weight is 811 g/mol. The molecular formula is C49H90N6O3. The number of carbonyl (C=O) groups excluding carboxylic acids is 2. The zero-order valence-electron chi connectivity index (χ0n) is 39.8. The normalized spacial score (nSPS) is 19.8. The van der Waals surface area contributed by atoms with Gasteiger partial charge in [0.15, 0.2) is 5.88 Å². The molecule has 0 bridgehead atoms. The molecule has 9 nitrogen and oxygen atoms in total. The van der Waals surface area contributed by atoms with Crippen LogP contribution in [-0.2, 0) is 9.53 Å². The van der Waals surface area contributed by atoms with E-state index >= 15 is 0 Å². The van der Waals surface area contributed by atoms with Crippen molar-refractivity contribution in [1.82, 2.24) is 26.2 Å². The summed E-state index contributed by atoms with van der Waals surface area (Å²) in [5.74, 6) is 1.27. The van der Waals surface area contributed by atoms with Gasteiger partial charge in [0.1, 0.15) is 12.6 Å². The summed E-state index contributed by atoms with van der Waals surface area (Å²) in [6.45, 7) is 53.0. The molecule has 1 saturated carbocycles. The molecule has 0 spiro atoms. The summed E-state index contributed by atoms with van der Waals surface area (Å²) in [6.07, 6.45) is 13.2. The summed E-state index contributed by atoms with van der Waals surface area (Å²) in [5, 5.41) is 12.9. The third-order valence-electron chi connectivity index (χ3n) is 11.3. The lowest BCUT2D eigenvalue weighted by Crippen LogP contribution is -2.57. The number of ether oxygens (including phenoxy) is 1. The van der Waals surface area contributed by atoms with Crippen molar-refractivity contribution in [3.63, 3.8) is 0 Å². The molecular weight excluding hydrogens is 721 g/mol. The maximum absolute atomic E-state index is 14.4. The van der Waals surface area contributed by atoms with Crippen LogP contribution in [0.25, 0.3) is 0 Å². The van der Waals surface area contributed by atoms with Crippen molar-refractivity contribution >= 4 is 11.9 Å². The smallest absolute Gasteiger partial charge is 0.315 e. The number of fused-ring (bicyclic) bond motifs is 1. The monoisotopic (exact) mass is 811 g/mol. The second kappa shape index (κ2) is 28.7. The van der Waals surface area contributed by atoms with Crippen LogP contribution in [0.4, 0.5) is 4.79 Å². The topological polar surface area (TPSA) is 121 Å². The number of amides is 3. The van der Waals surface area contributed by atoms with E-state index in [1.54, 1.807) is 13.1 Å². The first-order valence-corrected chi connectivity index (χ1v) is 22.0. The fourth-order valence-corrected chi connectivity index (χ4v) is 7.41. The fourth-order valence-electron chi connectivity index (χ4n) is 7.41. The lowest BCUT2D eigenvalue weighted by molar-refractivity contribution is -0.126. The van der Waals surface area contributed by atoms with E-state index < -0.39 is 12.1 Å². The van der Waals surface area contributed by atoms with Crippen molar-refractivity contribution in [3.8, 4) is 0 Å². The molecule has 9 heteroatoms. The van der Waals surface area contributed by atoms with Crippen LogP contribution in [0.3, 0.4) is 0 Å². The highest BCUT2D eigenvalue weighted by molar-refractivity contribution is 5.84. The van der Waals surface area contributed by atoms with Gasteiger partial charge in [0.25, 0.3) is 0 Å². The van der Waals surface area contributed by atoms with E-state index in [1.807, 2.05) is 47.6 Å². The molecule has 1 aliphatic carbocycles. The van der Waals surface area contributed by atoms with Crippen LogP contribution >= 0.6 is 0 Å². The van der Waals surface area contributed by atoms with Crippen LogP contribution in [0, 0.1) is 34.5 Å². The van der Waals surface area contributed by atoms with E-state index in [9.17, 15) is 9.59 Å². The predicted octanol–water partition coefficient (Wildman–Crippen LogP) is 10.4. The van der Waals surface area contributed by atoms with Crippen molar-refractivity contribution in [3.05, 3.63) is 86.5 Å². The number of urea groups is 1. The van der Waals surface area contributed by atoms with Gasteiger partial charge in [0.2, 0.25) is 5.91 Å². The Balaban J connectivity index is 0. The van der Waals surface area contributed by atoms with E-state index in [1.165, 1.54) is 0 Å². The highest BCUT2D eigenvalue weighted by Crippen LogP contribution is 2.65. The molecule has 3 amide bonds. The van der Waals surface area contributed by atoms with Crippen LogP contribution in [0.5, 0.6) is 0 Å². The number of nitrogens with zero attached hydrogens (tertiary/aromatic N) is 1. The van der Waals surface area contributed by atoms with E-state index in [2.05, 4.69) is 126 Å². The third kappa shape index (κ3) is 18.0. The number of likely N-dealkylation sites (tertiary alicyclic amines) is 1. The molecule has 8 atom stereocenters. The standard InChI is InChI=1S/C42H71N5O3.C3H7N.2C2H6/c1-16-19-21-22-32(24-28(6)18-3)37(46-40(49)45-35(41(10,11)12)26-50-31(9)43-15)30(8)47-25-33-36(42(33,13)14)38(47)39(48)44-34(23-20-17-2)29(7)27(4)5;1-2-3-4;2*1-2/h16,18-19,28,32-38,43H,3-4,7-9,17,20-26H2,1-2,5-6,10-15H3,(H,44,48)(H2,45,46,49);2H,1,3-4H2;2*1-2H3/b19-16-;;;/t28?,32?,33-,34?,35?,36-,37?,38?;;;/m0.../s1. The summed E-state index contributed by atoms with van der Waals surface area (Å²) in [5.41, 5.74) is 7.20. The Bertz CT molecular complexity index is 1330. The van der Waals surface area contributed by atoms with Crippen molar-refractivity contribution in [1.29, 1.82) is 0 Å². The Morgan fingerprint density at radius 1 is 1.02 bits per heavy atom. The third-order valence-corrected chi connectivity index (χ3v) is 11.3. The molecule has 1 heterocycles. The van der Waals surface area contributed by atoms with Gasteiger partial charge >= 0.3 is 6.03 Å². The molecule has 1 aliphatic heterocycles. The molecule has 0 radical (unpaired) electrons. The Morgan fingerprint density at radius 3 is 2.07 bits per heavy atom. The molecule has 2 rings (SSSR count). The average Bonchev–Trinajstić information content (AvgIpc) is 3.49. The van der Waals surface area contributed by atoms with Gasteiger partial charge < -0.3 is 36.6 Å². The number of carbonyl (C=O) groups is 2. The Kier molecular flexibility index (Phi) is 27.9. The Hall–Kier alpha value is -3.72. The molecule has 6 N–H and O–H groups in total. The second-order valence-corrected chi connectivity index (χ2v) is 16.9. The number of nitrogens with one attached hydrogen (secondary N) is 4. The summed E-state index contributed by atoms with van der Waals surface area (Å²) in [4.78, 5) is 30.6. The molecule has 1 saturated heterocycles. The minimum atomic E-state index is -0.409. The highest BCUT2D eigenvalue weighted by Gasteiger charge is 2.69. The van der Waals surface area contributed by atoms with Crippen LogP contribution in [-0.4, -0.2) is 67.7 Å². The largest absolute Gasteiger partial charge is 0.478 e. The minimum absolute atomic E-state index is 0.00411. The Labute approximate surface area is 357 Å². The van der Waals surface area contributed by atoms with Crippen LogP contribution < -0.4 is 27.0 Å². The summed E-state index contributed by atoms with van der Waals surface area (Å²) in [7, 11) is 1.75. The fraction of sp³-hybridized carbons (Fsp3) is 0.673. The van der Waals surface area contributed by atoms with E-state index in [0.717, 1.165) is 61.9 Å². The van der Waals surface area contributed by atoms with Gasteiger partial charge in [-0.15, -0.1) is 13.2 Å².